The first-order valence-electron chi connectivity index (χ1n) is 12.6. The number of fused-ring (bicyclic) bond motifs is 6. The van der Waals surface area contributed by atoms with Gasteiger partial charge in [0.2, 0.25) is 10.0 Å². The number of hydrogen-bond donors (Lipinski definition) is 2. The minimum absolute atomic E-state index is 0.0605. The van der Waals surface area contributed by atoms with Crippen LogP contribution in [0.2, 0.25) is 0 Å². The van der Waals surface area contributed by atoms with Crippen molar-refractivity contribution in [1.82, 2.24) is 4.90 Å². The van der Waals surface area contributed by atoms with E-state index in [0.717, 1.165) is 48.0 Å². The number of rotatable bonds is 5. The third-order valence-corrected chi connectivity index (χ3v) is 10.9. The number of nitrogens with zero attached hydrogens (tertiary/aromatic N) is 3. The van der Waals surface area contributed by atoms with Gasteiger partial charge in [-0.15, -0.1) is 4.40 Å². The summed E-state index contributed by atoms with van der Waals surface area (Å²) in [5.74, 6) is -3.58. The first-order chi connectivity index (χ1) is 18.8. The smallest absolute Gasteiger partial charge is 0.286 e. The molecule has 14 heteroatoms. The van der Waals surface area contributed by atoms with Gasteiger partial charge in [-0.25, -0.2) is 17.2 Å². The summed E-state index contributed by atoms with van der Waals surface area (Å²) >= 11 is 0. The molecular formula is C26H26F2N4O6S2. The van der Waals surface area contributed by atoms with Gasteiger partial charge in [0.05, 0.1) is 17.6 Å². The second kappa shape index (κ2) is 8.99. The van der Waals surface area contributed by atoms with E-state index in [1.165, 1.54) is 30.1 Å². The Morgan fingerprint density at radius 2 is 1.85 bits per heavy atom. The van der Waals surface area contributed by atoms with Crippen molar-refractivity contribution in [1.29, 1.82) is 0 Å². The topological polar surface area (TPSA) is 136 Å². The molecule has 0 saturated heterocycles. The second-order valence-electron chi connectivity index (χ2n) is 10.7. The van der Waals surface area contributed by atoms with E-state index in [9.17, 15) is 35.5 Å². The molecule has 0 spiro atoms. The first kappa shape index (κ1) is 26.7. The standard InChI is InChI=1S/C26H26F2N4O6S2/c1-31(39(2,35)36)16-6-8-19-20(11-16)40(37,38)30-25(29-19)22-24(33)21-14-4-5-15(10-14)23(21)32(26(22)34)12-13-3-7-17(27)18(28)9-13/h3,6-9,11,14-15,21,23,33H,4-5,10,12H2,1-2H3,(H,29,30)/t14-,15+,21+,23?/m0/s1. The van der Waals surface area contributed by atoms with Crippen molar-refractivity contribution >= 4 is 43.2 Å². The van der Waals surface area contributed by atoms with Crippen LogP contribution in [0.5, 0.6) is 0 Å². The Morgan fingerprint density at radius 3 is 2.55 bits per heavy atom. The average Bonchev–Trinajstić information content (AvgIpc) is 3.50. The molecule has 2 fully saturated rings. The van der Waals surface area contributed by atoms with Crippen LogP contribution >= 0.6 is 0 Å². The van der Waals surface area contributed by atoms with Crippen molar-refractivity contribution in [3.05, 3.63) is 64.9 Å². The van der Waals surface area contributed by atoms with Crippen molar-refractivity contribution in [3.8, 4) is 0 Å². The Bertz CT molecular complexity index is 1740. The Morgan fingerprint density at radius 1 is 1.12 bits per heavy atom. The maximum absolute atomic E-state index is 14.0. The predicted octanol–water partition coefficient (Wildman–Crippen LogP) is 3.14. The van der Waals surface area contributed by atoms with Gasteiger partial charge >= 0.3 is 0 Å². The summed E-state index contributed by atoms with van der Waals surface area (Å²) in [6.07, 6.45) is 3.47. The fraction of sp³-hybridized carbons (Fsp3) is 0.385. The minimum Gasteiger partial charge on any atom is -0.511 e. The first-order valence-corrected chi connectivity index (χ1v) is 15.9. The van der Waals surface area contributed by atoms with E-state index < -0.39 is 43.5 Å². The van der Waals surface area contributed by atoms with Crippen LogP contribution in [0.3, 0.4) is 0 Å². The Kier molecular flexibility index (Phi) is 6.00. The van der Waals surface area contributed by atoms with Crippen LogP contribution in [0.25, 0.3) is 0 Å². The van der Waals surface area contributed by atoms with Crippen LogP contribution in [-0.2, 0) is 31.4 Å². The van der Waals surface area contributed by atoms with Gasteiger partial charge in [0.25, 0.3) is 15.9 Å². The van der Waals surface area contributed by atoms with Gasteiger partial charge in [-0.3, -0.25) is 9.10 Å². The lowest BCUT2D eigenvalue weighted by molar-refractivity contribution is -0.134. The third kappa shape index (κ3) is 4.15. The molecule has 2 aromatic rings. The molecule has 2 N–H and O–H groups in total. The average molecular weight is 593 g/mol. The van der Waals surface area contributed by atoms with Crippen LogP contribution in [0.4, 0.5) is 20.2 Å². The van der Waals surface area contributed by atoms with E-state index >= 15 is 0 Å². The number of nitrogens with one attached hydrogen (secondary N) is 1. The van der Waals surface area contributed by atoms with Crippen LogP contribution in [0, 0.1) is 29.4 Å². The molecule has 1 amide bonds. The summed E-state index contributed by atoms with van der Waals surface area (Å²) in [6.45, 7) is -0.0605. The van der Waals surface area contributed by atoms with Crippen LogP contribution in [0.1, 0.15) is 24.8 Å². The summed E-state index contributed by atoms with van der Waals surface area (Å²) < 4.78 is 82.7. The van der Waals surface area contributed by atoms with Gasteiger partial charge < -0.3 is 15.3 Å². The molecule has 0 aromatic heterocycles. The van der Waals surface area contributed by atoms with Gasteiger partial charge in [0.15, 0.2) is 17.5 Å². The van der Waals surface area contributed by atoms with E-state index in [2.05, 4.69) is 9.71 Å². The molecule has 10 nitrogen and oxygen atoms in total. The van der Waals surface area contributed by atoms with Gasteiger partial charge in [-0.2, -0.15) is 8.42 Å². The van der Waals surface area contributed by atoms with Crippen molar-refractivity contribution in [2.45, 2.75) is 36.7 Å². The Balaban J connectivity index is 1.41. The normalized spacial score (nSPS) is 26.8. The summed E-state index contributed by atoms with van der Waals surface area (Å²) in [6, 6.07) is 6.95. The monoisotopic (exact) mass is 592 g/mol. The van der Waals surface area contributed by atoms with Crippen molar-refractivity contribution < 1.29 is 35.5 Å². The number of benzene rings is 2. The fourth-order valence-corrected chi connectivity index (χ4v) is 8.17. The van der Waals surface area contributed by atoms with E-state index in [4.69, 9.17) is 0 Å². The molecule has 212 valence electrons. The summed E-state index contributed by atoms with van der Waals surface area (Å²) in [7, 11) is -6.79. The van der Waals surface area contributed by atoms with E-state index in [0.29, 0.717) is 5.56 Å². The van der Waals surface area contributed by atoms with Crippen LogP contribution < -0.4 is 9.62 Å². The largest absolute Gasteiger partial charge is 0.511 e. The second-order valence-corrected chi connectivity index (χ2v) is 14.3. The number of amidine groups is 1. The molecule has 1 unspecified atom stereocenters. The molecule has 2 aliphatic heterocycles. The molecule has 2 heterocycles. The number of anilines is 2. The zero-order valence-corrected chi connectivity index (χ0v) is 23.1. The van der Waals surface area contributed by atoms with Crippen LogP contribution in [-0.4, -0.2) is 57.9 Å². The molecule has 2 aromatic carbocycles. The number of halogens is 2. The predicted molar refractivity (Wildman–Crippen MR) is 143 cm³/mol. The highest BCUT2D eigenvalue weighted by molar-refractivity contribution is 7.92. The summed E-state index contributed by atoms with van der Waals surface area (Å²) in [4.78, 5) is 15.2. The minimum atomic E-state index is -4.41. The SMILES string of the molecule is CN(c1ccc2c(c1)S(=O)(=O)N=C(C1=C(O)[C@H]3C([C@@H]4CC[C@H]3C4)N(Cc3ccc(F)c(F)c3)C1=O)N2)S(C)(=O)=O. The lowest BCUT2D eigenvalue weighted by Crippen LogP contribution is -2.53. The van der Waals surface area contributed by atoms with Gasteiger partial charge in [0.1, 0.15) is 16.2 Å². The van der Waals surface area contributed by atoms with E-state index in [-0.39, 0.29) is 57.9 Å². The number of carbonyl (C=O) groups excluding carboxylic acids is 1. The quantitative estimate of drug-likeness (QED) is 0.544. The maximum Gasteiger partial charge on any atom is 0.286 e. The molecule has 4 atom stereocenters. The van der Waals surface area contributed by atoms with Gasteiger partial charge in [-0.1, -0.05) is 6.07 Å². The maximum atomic E-state index is 14.0. The summed E-state index contributed by atoms with van der Waals surface area (Å²) in [5, 5.41) is 14.2. The van der Waals surface area contributed by atoms with Crippen LogP contribution in [0.15, 0.2) is 57.0 Å². The van der Waals surface area contributed by atoms with E-state index in [1.807, 2.05) is 0 Å². The van der Waals surface area contributed by atoms with Gasteiger partial charge in [0, 0.05) is 25.6 Å². The molecule has 0 radical (unpaired) electrons. The van der Waals surface area contributed by atoms with E-state index in [1.54, 1.807) is 0 Å². The number of aliphatic hydroxyl groups excluding tert-OH is 1. The zero-order valence-electron chi connectivity index (χ0n) is 21.5. The highest BCUT2D eigenvalue weighted by Gasteiger charge is 2.57. The molecule has 2 aliphatic carbocycles. The Labute approximate surface area is 230 Å². The van der Waals surface area contributed by atoms with Gasteiger partial charge in [-0.05, 0) is 67.0 Å². The molecule has 40 heavy (non-hydrogen) atoms. The lowest BCUT2D eigenvalue weighted by atomic mass is 9.77. The molecule has 2 saturated carbocycles. The number of sulfonamides is 2. The third-order valence-electron chi connectivity index (χ3n) is 8.42. The zero-order chi connectivity index (χ0) is 28.7. The van der Waals surface area contributed by atoms with Crippen molar-refractivity contribution in [3.63, 3.8) is 0 Å². The number of carbonyl (C=O) groups is 1. The highest BCUT2D eigenvalue weighted by atomic mass is 32.2. The molecule has 2 bridgehead atoms. The molecule has 6 rings (SSSR count). The Hall–Kier alpha value is -3.52. The summed E-state index contributed by atoms with van der Waals surface area (Å²) in [5.41, 5.74) is 0.228. The highest BCUT2D eigenvalue weighted by Crippen LogP contribution is 2.55. The molecule has 4 aliphatic rings. The fourth-order valence-electron chi connectivity index (χ4n) is 6.53. The number of amides is 1. The van der Waals surface area contributed by atoms with Crippen molar-refractivity contribution in [2.24, 2.45) is 22.2 Å². The number of hydrogen-bond acceptors (Lipinski definition) is 7. The van der Waals surface area contributed by atoms with Crippen molar-refractivity contribution in [2.75, 3.05) is 22.9 Å². The number of aliphatic hydroxyl groups is 1. The molecular weight excluding hydrogens is 566 g/mol. The lowest BCUT2D eigenvalue weighted by Gasteiger charge is -2.44.